The van der Waals surface area contributed by atoms with Crippen molar-refractivity contribution in [1.82, 2.24) is 25.1 Å². The number of aromatic nitrogens is 5. The van der Waals surface area contributed by atoms with Gasteiger partial charge in [-0.3, -0.25) is 9.89 Å². The van der Waals surface area contributed by atoms with E-state index in [2.05, 4.69) is 49.4 Å². The highest BCUT2D eigenvalue weighted by molar-refractivity contribution is 7.18. The van der Waals surface area contributed by atoms with E-state index in [1.54, 1.807) is 11.3 Å². The molecule has 25 heavy (non-hydrogen) atoms. The highest BCUT2D eigenvalue weighted by Gasteiger charge is 2.26. The fraction of sp³-hybridized carbons (Fsp3) is 0.222. The van der Waals surface area contributed by atoms with Crippen molar-refractivity contribution in [3.8, 4) is 11.6 Å². The van der Waals surface area contributed by atoms with E-state index < -0.39 is 0 Å². The van der Waals surface area contributed by atoms with Crippen molar-refractivity contribution in [2.45, 2.75) is 25.2 Å². The molecule has 1 aliphatic carbocycles. The van der Waals surface area contributed by atoms with Gasteiger partial charge in [0.1, 0.15) is 11.2 Å². The number of H-pyrrole nitrogens is 2. The topological polar surface area (TPSA) is 87.3 Å². The fourth-order valence-electron chi connectivity index (χ4n) is 3.63. The Morgan fingerprint density at radius 3 is 2.84 bits per heavy atom. The molecule has 1 aromatic carbocycles. The second-order valence-electron chi connectivity index (χ2n) is 6.28. The quantitative estimate of drug-likeness (QED) is 0.582. The summed E-state index contributed by atoms with van der Waals surface area (Å²) in [5.41, 5.74) is 2.45. The lowest BCUT2D eigenvalue weighted by atomic mass is 9.83. The zero-order valence-corrected chi connectivity index (χ0v) is 14.1. The van der Waals surface area contributed by atoms with Crippen LogP contribution in [0.5, 0.6) is 0 Å². The standard InChI is InChI=1S/C18H15N5OS/c24-17-14-12-7-6-11(10-4-2-1-3-5-10)8-13(12)25-18(14)22-16(21-17)15-19-9-20-23-15/h1-5,9,11H,6-8H2,(H,19,20,23)(H,21,22,24)/t11-/m0/s1. The van der Waals surface area contributed by atoms with Gasteiger partial charge >= 0.3 is 0 Å². The first kappa shape index (κ1) is 14.5. The van der Waals surface area contributed by atoms with Crippen LogP contribution < -0.4 is 5.56 Å². The Morgan fingerprint density at radius 2 is 2.04 bits per heavy atom. The van der Waals surface area contributed by atoms with Crippen LogP contribution in [0.15, 0.2) is 41.5 Å². The minimum absolute atomic E-state index is 0.0907. The number of fused-ring (bicyclic) bond motifs is 3. The number of thiophene rings is 1. The van der Waals surface area contributed by atoms with Gasteiger partial charge in [0.25, 0.3) is 5.56 Å². The molecule has 124 valence electrons. The molecule has 2 N–H and O–H groups in total. The molecule has 0 aliphatic heterocycles. The first-order valence-electron chi connectivity index (χ1n) is 8.25. The number of hydrogen-bond acceptors (Lipinski definition) is 5. The van der Waals surface area contributed by atoms with Gasteiger partial charge in [-0.05, 0) is 36.3 Å². The average Bonchev–Trinajstić information content (AvgIpc) is 3.29. The summed E-state index contributed by atoms with van der Waals surface area (Å²) in [6.07, 6.45) is 4.36. The summed E-state index contributed by atoms with van der Waals surface area (Å²) < 4.78 is 0. The van der Waals surface area contributed by atoms with Gasteiger partial charge in [-0.1, -0.05) is 30.3 Å². The third-order valence-electron chi connectivity index (χ3n) is 4.83. The van der Waals surface area contributed by atoms with E-state index in [0.29, 0.717) is 17.6 Å². The smallest absolute Gasteiger partial charge is 0.260 e. The number of rotatable bonds is 2. The molecule has 0 radical (unpaired) electrons. The largest absolute Gasteiger partial charge is 0.303 e. The Morgan fingerprint density at radius 1 is 1.16 bits per heavy atom. The van der Waals surface area contributed by atoms with Crippen LogP contribution in [0.25, 0.3) is 21.9 Å². The van der Waals surface area contributed by atoms with E-state index in [4.69, 9.17) is 0 Å². The number of nitrogens with one attached hydrogen (secondary N) is 2. The number of aromatic amines is 2. The highest BCUT2D eigenvalue weighted by atomic mass is 32.1. The van der Waals surface area contributed by atoms with Gasteiger partial charge in [0.05, 0.1) is 5.39 Å². The predicted molar refractivity (Wildman–Crippen MR) is 96.8 cm³/mol. The molecule has 0 fully saturated rings. The zero-order valence-electron chi connectivity index (χ0n) is 13.3. The first-order valence-corrected chi connectivity index (χ1v) is 9.06. The molecule has 4 aromatic rings. The molecule has 1 atom stereocenters. The van der Waals surface area contributed by atoms with E-state index >= 15 is 0 Å². The van der Waals surface area contributed by atoms with Crippen molar-refractivity contribution in [3.63, 3.8) is 0 Å². The van der Waals surface area contributed by atoms with E-state index in [-0.39, 0.29) is 5.56 Å². The van der Waals surface area contributed by atoms with Crippen LogP contribution in [0.3, 0.4) is 0 Å². The van der Waals surface area contributed by atoms with Crippen molar-refractivity contribution < 1.29 is 0 Å². The van der Waals surface area contributed by atoms with Crippen LogP contribution in [-0.4, -0.2) is 25.1 Å². The fourth-order valence-corrected chi connectivity index (χ4v) is 4.93. The summed E-state index contributed by atoms with van der Waals surface area (Å²) in [7, 11) is 0. The first-order chi connectivity index (χ1) is 12.3. The number of aryl methyl sites for hydroxylation is 1. The molecule has 7 heteroatoms. The highest BCUT2D eigenvalue weighted by Crippen LogP contribution is 2.39. The lowest BCUT2D eigenvalue weighted by Crippen LogP contribution is -2.14. The minimum atomic E-state index is -0.0907. The lowest BCUT2D eigenvalue weighted by molar-refractivity contribution is 0.595. The van der Waals surface area contributed by atoms with Crippen LogP contribution in [0.2, 0.25) is 0 Å². The molecule has 0 saturated carbocycles. The molecule has 5 rings (SSSR count). The van der Waals surface area contributed by atoms with Crippen molar-refractivity contribution in [3.05, 3.63) is 63.0 Å². The van der Waals surface area contributed by atoms with E-state index in [9.17, 15) is 4.79 Å². The van der Waals surface area contributed by atoms with Crippen molar-refractivity contribution >= 4 is 21.6 Å². The normalized spacial score (nSPS) is 16.9. The van der Waals surface area contributed by atoms with Gasteiger partial charge in [-0.25, -0.2) is 9.97 Å². The summed E-state index contributed by atoms with van der Waals surface area (Å²) in [4.78, 5) is 26.2. The summed E-state index contributed by atoms with van der Waals surface area (Å²) in [5, 5.41) is 7.31. The SMILES string of the molecule is O=c1[nH]c(-c2ncn[nH]2)nc2sc3c(c12)CC[C@H](c1ccccc1)C3. The van der Waals surface area contributed by atoms with Crippen LogP contribution in [0.1, 0.15) is 28.3 Å². The monoisotopic (exact) mass is 349 g/mol. The molecule has 6 nitrogen and oxygen atoms in total. The maximum atomic E-state index is 12.6. The van der Waals surface area contributed by atoms with E-state index in [1.165, 1.54) is 22.3 Å². The van der Waals surface area contributed by atoms with Crippen LogP contribution in [0.4, 0.5) is 0 Å². The summed E-state index contributed by atoms with van der Waals surface area (Å²) in [5.74, 6) is 1.43. The molecule has 0 amide bonds. The molecule has 0 bridgehead atoms. The summed E-state index contributed by atoms with van der Waals surface area (Å²) >= 11 is 1.63. The van der Waals surface area contributed by atoms with Gasteiger partial charge in [-0.2, -0.15) is 5.10 Å². The van der Waals surface area contributed by atoms with Crippen LogP contribution in [-0.2, 0) is 12.8 Å². The van der Waals surface area contributed by atoms with Gasteiger partial charge in [0.15, 0.2) is 11.6 Å². The van der Waals surface area contributed by atoms with Gasteiger partial charge in [-0.15, -0.1) is 11.3 Å². The van der Waals surface area contributed by atoms with Gasteiger partial charge in [0.2, 0.25) is 0 Å². The minimum Gasteiger partial charge on any atom is -0.303 e. The Labute approximate surface area is 147 Å². The number of nitrogens with zero attached hydrogens (tertiary/aromatic N) is 3. The van der Waals surface area contributed by atoms with Crippen molar-refractivity contribution in [2.75, 3.05) is 0 Å². The Hall–Kier alpha value is -2.80. The maximum absolute atomic E-state index is 12.6. The van der Waals surface area contributed by atoms with Crippen LogP contribution >= 0.6 is 11.3 Å². The summed E-state index contributed by atoms with van der Waals surface area (Å²) in [6, 6.07) is 10.6. The van der Waals surface area contributed by atoms with E-state index in [0.717, 1.165) is 29.5 Å². The molecule has 3 heterocycles. The molecular weight excluding hydrogens is 334 g/mol. The Bertz CT molecular complexity index is 1100. The predicted octanol–water partition coefficient (Wildman–Crippen LogP) is 3.04. The molecular formula is C18H15N5OS. The van der Waals surface area contributed by atoms with Crippen molar-refractivity contribution in [1.29, 1.82) is 0 Å². The molecule has 3 aromatic heterocycles. The second-order valence-corrected chi connectivity index (χ2v) is 7.37. The summed E-state index contributed by atoms with van der Waals surface area (Å²) in [6.45, 7) is 0. The molecule has 0 saturated heterocycles. The van der Waals surface area contributed by atoms with E-state index in [1.807, 2.05) is 6.07 Å². The second kappa shape index (κ2) is 5.63. The average molecular weight is 349 g/mol. The Balaban J connectivity index is 1.60. The third kappa shape index (κ3) is 2.39. The molecule has 0 spiro atoms. The van der Waals surface area contributed by atoms with Crippen molar-refractivity contribution in [2.24, 2.45) is 0 Å². The lowest BCUT2D eigenvalue weighted by Gasteiger charge is -2.22. The van der Waals surface area contributed by atoms with Gasteiger partial charge < -0.3 is 4.98 Å². The third-order valence-corrected chi connectivity index (χ3v) is 5.98. The van der Waals surface area contributed by atoms with Gasteiger partial charge in [0, 0.05) is 4.88 Å². The maximum Gasteiger partial charge on any atom is 0.260 e. The molecule has 1 aliphatic rings. The Kier molecular flexibility index (Phi) is 3.27. The number of benzene rings is 1. The number of hydrogen-bond donors (Lipinski definition) is 2. The molecule has 0 unspecified atom stereocenters. The zero-order chi connectivity index (χ0) is 16.8. The van der Waals surface area contributed by atoms with Crippen LogP contribution in [0, 0.1) is 0 Å².